The predicted molar refractivity (Wildman–Crippen MR) is 83.1 cm³/mol. The number of carbonyl (C=O) groups excluding carboxylic acids is 1. The molecule has 122 valence electrons. The molecule has 4 aliphatic rings. The molecule has 3 saturated heterocycles. The van der Waals surface area contributed by atoms with E-state index in [0.717, 1.165) is 12.8 Å². The van der Waals surface area contributed by atoms with Gasteiger partial charge in [0, 0.05) is 23.6 Å². The third-order valence-corrected chi connectivity index (χ3v) is 5.79. The molecule has 1 saturated carbocycles. The number of hydrogen-bond acceptors (Lipinski definition) is 4. The number of rotatable bonds is 2. The smallest absolute Gasteiger partial charge is 0.269 e. The van der Waals surface area contributed by atoms with Gasteiger partial charge in [0.25, 0.3) is 11.6 Å². The van der Waals surface area contributed by atoms with Gasteiger partial charge >= 0.3 is 0 Å². The maximum atomic E-state index is 12.8. The lowest BCUT2D eigenvalue weighted by Gasteiger charge is -2.51. The number of ether oxygens (including phenoxy) is 1. The number of nitrogens with zero attached hydrogens (tertiary/aromatic N) is 2. The van der Waals surface area contributed by atoms with E-state index in [0.29, 0.717) is 11.5 Å². The molecule has 1 aliphatic carbocycles. The number of hydrogen-bond donors (Lipinski definition) is 0. The average Bonchev–Trinajstić information content (AvgIpc) is 3.22. The van der Waals surface area contributed by atoms with E-state index >= 15 is 0 Å². The first kappa shape index (κ1) is 14.6. The summed E-state index contributed by atoms with van der Waals surface area (Å²) in [7, 11) is 0. The van der Waals surface area contributed by atoms with Crippen LogP contribution in [0.1, 0.15) is 44.0 Å². The van der Waals surface area contributed by atoms with Crippen LogP contribution in [0.3, 0.4) is 0 Å². The van der Waals surface area contributed by atoms with Crippen LogP contribution in [-0.4, -0.2) is 39.0 Å². The second kappa shape index (κ2) is 4.32. The molecular weight excluding hydrogens is 296 g/mol. The molecule has 4 atom stereocenters. The van der Waals surface area contributed by atoms with Crippen molar-refractivity contribution in [1.82, 2.24) is 4.90 Å². The lowest BCUT2D eigenvalue weighted by Crippen LogP contribution is -2.58. The van der Waals surface area contributed by atoms with Crippen molar-refractivity contribution in [3.05, 3.63) is 39.9 Å². The van der Waals surface area contributed by atoms with Gasteiger partial charge in [-0.3, -0.25) is 14.9 Å². The number of amides is 1. The largest absolute Gasteiger partial charge is 0.367 e. The standard InChI is InChI=1S/C17H20N2O4/c1-16(2)12-8-9-17(3,23-16)14-13(12)18(14)15(20)10-4-6-11(7-5-10)19(21)22/h4-7,12-14H,8-9H2,1-3H3/t12-,13+,14-,17-,18?/m0/s1. The van der Waals surface area contributed by atoms with E-state index in [9.17, 15) is 14.9 Å². The van der Waals surface area contributed by atoms with E-state index in [1.54, 1.807) is 12.1 Å². The lowest BCUT2D eigenvalue weighted by atomic mass is 9.69. The molecule has 1 aromatic rings. The number of non-ortho nitro benzene ring substituents is 1. The van der Waals surface area contributed by atoms with Gasteiger partial charge in [-0.1, -0.05) is 0 Å². The van der Waals surface area contributed by atoms with Crippen molar-refractivity contribution in [1.29, 1.82) is 0 Å². The van der Waals surface area contributed by atoms with Crippen molar-refractivity contribution in [2.75, 3.05) is 0 Å². The summed E-state index contributed by atoms with van der Waals surface area (Å²) in [6.07, 6.45) is 2.06. The van der Waals surface area contributed by atoms with Gasteiger partial charge in [0.15, 0.2) is 0 Å². The fourth-order valence-electron chi connectivity index (χ4n) is 4.76. The van der Waals surface area contributed by atoms with Crippen LogP contribution in [0, 0.1) is 16.0 Å². The Bertz CT molecular complexity index is 699. The van der Waals surface area contributed by atoms with Gasteiger partial charge in [0.1, 0.15) is 0 Å². The number of nitro groups is 1. The highest BCUT2D eigenvalue weighted by Crippen LogP contribution is 2.60. The van der Waals surface area contributed by atoms with Crippen LogP contribution in [0.15, 0.2) is 24.3 Å². The molecule has 23 heavy (non-hydrogen) atoms. The van der Waals surface area contributed by atoms with E-state index < -0.39 is 4.92 Å². The summed E-state index contributed by atoms with van der Waals surface area (Å²) in [5, 5.41) is 10.7. The van der Waals surface area contributed by atoms with Gasteiger partial charge in [-0.05, 0) is 45.7 Å². The van der Waals surface area contributed by atoms with Crippen LogP contribution in [0.4, 0.5) is 5.69 Å². The molecule has 0 spiro atoms. The summed E-state index contributed by atoms with van der Waals surface area (Å²) in [4.78, 5) is 25.0. The molecule has 6 nitrogen and oxygen atoms in total. The third kappa shape index (κ3) is 1.94. The molecule has 0 N–H and O–H groups in total. The van der Waals surface area contributed by atoms with E-state index in [4.69, 9.17) is 4.74 Å². The highest BCUT2D eigenvalue weighted by Gasteiger charge is 2.72. The third-order valence-electron chi connectivity index (χ3n) is 5.79. The topological polar surface area (TPSA) is 72.5 Å². The SMILES string of the molecule is CC1(C)O[C@@]2(C)CC[C@H]1[C@@H]1[C@@H]2N1C(=O)c1ccc([N+](=O)[O-])cc1. The van der Waals surface area contributed by atoms with Gasteiger partial charge in [0.05, 0.1) is 28.2 Å². The Morgan fingerprint density at radius 2 is 1.96 bits per heavy atom. The first-order valence-electron chi connectivity index (χ1n) is 8.02. The van der Waals surface area contributed by atoms with Crippen LogP contribution >= 0.6 is 0 Å². The predicted octanol–water partition coefficient (Wildman–Crippen LogP) is 2.77. The average molecular weight is 316 g/mol. The summed E-state index contributed by atoms with van der Waals surface area (Å²) < 4.78 is 6.30. The normalized spacial score (nSPS) is 36.5. The molecule has 3 aliphatic heterocycles. The second-order valence-corrected chi connectivity index (χ2v) is 7.62. The van der Waals surface area contributed by atoms with Crippen molar-refractivity contribution >= 4 is 11.6 Å². The highest BCUT2D eigenvalue weighted by molar-refractivity contribution is 5.97. The fourth-order valence-corrected chi connectivity index (χ4v) is 4.76. The van der Waals surface area contributed by atoms with Gasteiger partial charge in [-0.25, -0.2) is 0 Å². The molecule has 0 unspecified atom stereocenters. The lowest BCUT2D eigenvalue weighted by molar-refractivity contribution is -0.384. The van der Waals surface area contributed by atoms with Crippen molar-refractivity contribution in [3.8, 4) is 0 Å². The first-order chi connectivity index (χ1) is 10.7. The van der Waals surface area contributed by atoms with Crippen molar-refractivity contribution in [3.63, 3.8) is 0 Å². The molecular formula is C17H20N2O4. The Labute approximate surface area is 134 Å². The van der Waals surface area contributed by atoms with Crippen LogP contribution in [-0.2, 0) is 4.74 Å². The van der Waals surface area contributed by atoms with E-state index in [2.05, 4.69) is 20.8 Å². The van der Waals surface area contributed by atoms with E-state index in [-0.39, 0.29) is 34.9 Å². The quantitative estimate of drug-likeness (QED) is 0.478. The van der Waals surface area contributed by atoms with Crippen LogP contribution in [0.5, 0.6) is 0 Å². The van der Waals surface area contributed by atoms with Crippen LogP contribution < -0.4 is 0 Å². The molecule has 6 heteroatoms. The highest BCUT2D eigenvalue weighted by atomic mass is 16.6. The van der Waals surface area contributed by atoms with Crippen molar-refractivity contribution in [2.24, 2.45) is 5.92 Å². The van der Waals surface area contributed by atoms with Crippen LogP contribution in [0.2, 0.25) is 0 Å². The number of carbonyl (C=O) groups is 1. The number of fused-ring (bicyclic) bond motifs is 2. The molecule has 1 amide bonds. The van der Waals surface area contributed by atoms with Crippen molar-refractivity contribution < 1.29 is 14.5 Å². The Balaban J connectivity index is 1.61. The van der Waals surface area contributed by atoms with E-state index in [1.807, 2.05) is 4.90 Å². The van der Waals surface area contributed by atoms with Crippen molar-refractivity contribution in [2.45, 2.75) is 56.9 Å². The molecule has 4 fully saturated rings. The van der Waals surface area contributed by atoms with Gasteiger partial charge in [0.2, 0.25) is 0 Å². The summed E-state index contributed by atoms with van der Waals surface area (Å²) in [6, 6.07) is 6.23. The Morgan fingerprint density at radius 1 is 1.30 bits per heavy atom. The van der Waals surface area contributed by atoms with Crippen LogP contribution in [0.25, 0.3) is 0 Å². The van der Waals surface area contributed by atoms with Gasteiger partial charge < -0.3 is 9.64 Å². The van der Waals surface area contributed by atoms with Gasteiger partial charge in [-0.15, -0.1) is 0 Å². The minimum atomic E-state index is -0.455. The zero-order chi connectivity index (χ0) is 16.6. The summed E-state index contributed by atoms with van der Waals surface area (Å²) in [5.74, 6) is 0.311. The zero-order valence-corrected chi connectivity index (χ0v) is 13.5. The minimum Gasteiger partial charge on any atom is -0.367 e. The molecule has 2 bridgehead atoms. The minimum absolute atomic E-state index is 0.00117. The number of nitro benzene ring substituents is 1. The number of benzene rings is 1. The monoisotopic (exact) mass is 316 g/mol. The second-order valence-electron chi connectivity index (χ2n) is 7.62. The molecule has 0 radical (unpaired) electrons. The summed E-state index contributed by atoms with van der Waals surface area (Å²) >= 11 is 0. The Kier molecular flexibility index (Phi) is 2.75. The maximum absolute atomic E-state index is 12.8. The van der Waals surface area contributed by atoms with E-state index in [1.165, 1.54) is 12.1 Å². The molecule has 1 aromatic carbocycles. The number of likely N-dealkylation sites (tertiary alicyclic amines) is 1. The first-order valence-corrected chi connectivity index (χ1v) is 8.02. The molecule has 5 rings (SSSR count). The Morgan fingerprint density at radius 3 is 2.52 bits per heavy atom. The fraction of sp³-hybridized carbons (Fsp3) is 0.588. The maximum Gasteiger partial charge on any atom is 0.269 e. The summed E-state index contributed by atoms with van der Waals surface area (Å²) in [5.41, 5.74) is 0.0185. The summed E-state index contributed by atoms with van der Waals surface area (Å²) in [6.45, 7) is 6.32. The van der Waals surface area contributed by atoms with Gasteiger partial charge in [-0.2, -0.15) is 0 Å². The molecule has 3 heterocycles. The zero-order valence-electron chi connectivity index (χ0n) is 13.5. The molecule has 0 aromatic heterocycles. The Hall–Kier alpha value is -1.95.